The molecule has 0 N–H and O–H groups in total. The highest BCUT2D eigenvalue weighted by Crippen LogP contribution is 2.38. The van der Waals surface area contributed by atoms with Crippen molar-refractivity contribution in [1.82, 2.24) is 19.3 Å². The van der Waals surface area contributed by atoms with Crippen molar-refractivity contribution in [2.24, 2.45) is 12.5 Å². The second-order valence-electron chi connectivity index (χ2n) is 14.5. The van der Waals surface area contributed by atoms with Gasteiger partial charge in [-0.2, -0.15) is 5.26 Å². The first-order valence-electron chi connectivity index (χ1n) is 17.2. The lowest BCUT2D eigenvalue weighted by Crippen LogP contribution is -2.48. The zero-order valence-electron chi connectivity index (χ0n) is 30.6. The van der Waals surface area contributed by atoms with Crippen LogP contribution in [0.25, 0.3) is 11.1 Å². The molecule has 0 radical (unpaired) electrons. The van der Waals surface area contributed by atoms with Crippen LogP contribution in [0.2, 0.25) is 0 Å². The van der Waals surface area contributed by atoms with E-state index in [0.29, 0.717) is 61.9 Å². The quantitative estimate of drug-likeness (QED) is 0.219. The first-order valence-corrected chi connectivity index (χ1v) is 17.2. The third kappa shape index (κ3) is 7.63. The lowest BCUT2D eigenvalue weighted by Gasteiger charge is -2.35. The second-order valence-corrected chi connectivity index (χ2v) is 14.5. The average Bonchev–Trinajstić information content (AvgIpc) is 3.61. The van der Waals surface area contributed by atoms with Crippen LogP contribution in [0, 0.1) is 30.6 Å². The normalized spacial score (nSPS) is 17.1. The molecule has 2 aliphatic rings. The van der Waals surface area contributed by atoms with Gasteiger partial charge < -0.3 is 23.8 Å². The van der Waals surface area contributed by atoms with Gasteiger partial charge in [0.15, 0.2) is 0 Å². The molecule has 2 aliphatic heterocycles. The summed E-state index contributed by atoms with van der Waals surface area (Å²) >= 11 is 0. The van der Waals surface area contributed by atoms with Crippen molar-refractivity contribution in [3.05, 3.63) is 92.4 Å². The maximum Gasteiger partial charge on any atom is 0.264 e. The van der Waals surface area contributed by atoms with E-state index in [4.69, 9.17) is 9.47 Å². The van der Waals surface area contributed by atoms with Crippen LogP contribution >= 0.6 is 0 Å². The summed E-state index contributed by atoms with van der Waals surface area (Å²) in [5.41, 5.74) is 5.91. The van der Waals surface area contributed by atoms with Gasteiger partial charge in [-0.25, -0.2) is 0 Å². The zero-order chi connectivity index (χ0) is 36.3. The highest BCUT2D eigenvalue weighted by Gasteiger charge is 2.33. The van der Waals surface area contributed by atoms with Gasteiger partial charge in [0, 0.05) is 69.2 Å². The molecule has 3 heterocycles. The van der Waals surface area contributed by atoms with E-state index in [-0.39, 0.29) is 34.4 Å². The number of amides is 2. The van der Waals surface area contributed by atoms with E-state index in [1.54, 1.807) is 36.8 Å². The Morgan fingerprint density at radius 1 is 0.960 bits per heavy atom. The van der Waals surface area contributed by atoms with Gasteiger partial charge in [0.05, 0.1) is 25.8 Å². The highest BCUT2D eigenvalue weighted by molar-refractivity contribution is 5.98. The summed E-state index contributed by atoms with van der Waals surface area (Å²) in [5.74, 6) is 1.17. The van der Waals surface area contributed by atoms with Gasteiger partial charge in [0.25, 0.3) is 17.4 Å². The summed E-state index contributed by atoms with van der Waals surface area (Å²) in [7, 11) is 5.06. The molecule has 2 amide bonds. The predicted octanol–water partition coefficient (Wildman–Crippen LogP) is 5.80. The fourth-order valence-corrected chi connectivity index (χ4v) is 7.01. The largest absolute Gasteiger partial charge is 0.496 e. The number of aryl methyl sites for hydroxylation is 1. The van der Waals surface area contributed by atoms with Crippen LogP contribution in [0.3, 0.4) is 0 Å². The summed E-state index contributed by atoms with van der Waals surface area (Å²) in [6.07, 6.45) is 5.28. The molecule has 2 aromatic carbocycles. The van der Waals surface area contributed by atoms with Crippen LogP contribution < -0.4 is 15.0 Å². The fraction of sp³-hybridized carbons (Fsp3) is 0.450. The third-order valence-electron chi connectivity index (χ3n) is 9.87. The maximum atomic E-state index is 13.5. The molecule has 1 aromatic heterocycles. The Hall–Kier alpha value is -4.88. The van der Waals surface area contributed by atoms with Gasteiger partial charge in [-0.1, -0.05) is 39.0 Å². The number of methoxy groups -OCH3 is 2. The molecule has 0 spiro atoms. The molecule has 0 aliphatic carbocycles. The van der Waals surface area contributed by atoms with Crippen molar-refractivity contribution >= 4 is 11.8 Å². The minimum Gasteiger partial charge on any atom is -0.496 e. The van der Waals surface area contributed by atoms with E-state index in [1.165, 1.54) is 0 Å². The van der Waals surface area contributed by atoms with Gasteiger partial charge in [-0.3, -0.25) is 19.3 Å². The number of piperazine rings is 1. The summed E-state index contributed by atoms with van der Waals surface area (Å²) in [6, 6.07) is 13.6. The SMILES string of the molecule is COc1cc(-c2cn(C)c(=O)c(C)c2C)cc(OC)c1CN1CCN(C(=O)c2ccc(C3CCCN3C(=O)/C(C#N)=C/C(C)(C)C)cc2)CC1. The lowest BCUT2D eigenvalue weighted by atomic mass is 9.93. The van der Waals surface area contributed by atoms with Crippen molar-refractivity contribution in [3.8, 4) is 28.7 Å². The minimum absolute atomic E-state index is 0.0131. The number of ether oxygens (including phenoxy) is 2. The maximum absolute atomic E-state index is 13.5. The molecular weight excluding hydrogens is 630 g/mol. The molecule has 0 saturated carbocycles. The molecule has 1 unspecified atom stereocenters. The van der Waals surface area contributed by atoms with Crippen LogP contribution in [0.15, 0.2) is 59.0 Å². The molecular formula is C40H49N5O5. The molecule has 10 heteroatoms. The standard InChI is InChI=1S/C40H49N5O5/c1-26-27(2)37(46)42(6)24-32(26)30-20-35(49-7)33(36(21-30)50-8)25-43-16-18-44(19-17-43)38(47)29-13-11-28(12-14-29)34-10-9-15-45(34)39(48)31(23-41)22-40(3,4)5/h11-14,20-22,24,34H,9-10,15-19,25H2,1-8H3/b31-22+. The van der Waals surface area contributed by atoms with E-state index in [0.717, 1.165) is 40.7 Å². The molecule has 3 aromatic rings. The highest BCUT2D eigenvalue weighted by atomic mass is 16.5. The van der Waals surface area contributed by atoms with Gasteiger partial charge in [-0.05, 0) is 73.1 Å². The Labute approximate surface area is 295 Å². The Bertz CT molecular complexity index is 1860. The number of hydrogen-bond acceptors (Lipinski definition) is 7. The van der Waals surface area contributed by atoms with E-state index < -0.39 is 0 Å². The predicted molar refractivity (Wildman–Crippen MR) is 194 cm³/mol. The van der Waals surface area contributed by atoms with Gasteiger partial charge >= 0.3 is 0 Å². The summed E-state index contributed by atoms with van der Waals surface area (Å²) < 4.78 is 13.3. The minimum atomic E-state index is -0.278. The molecule has 5 rings (SSSR count). The monoisotopic (exact) mass is 679 g/mol. The molecule has 2 fully saturated rings. The fourth-order valence-electron chi connectivity index (χ4n) is 7.01. The van der Waals surface area contributed by atoms with Crippen LogP contribution in [0.5, 0.6) is 11.5 Å². The third-order valence-corrected chi connectivity index (χ3v) is 9.87. The molecule has 0 bridgehead atoms. The van der Waals surface area contributed by atoms with Crippen LogP contribution in [0.1, 0.15) is 72.3 Å². The van der Waals surface area contributed by atoms with Gasteiger partial charge in [0.1, 0.15) is 23.1 Å². The Morgan fingerprint density at radius 3 is 2.14 bits per heavy atom. The number of rotatable bonds is 8. The Morgan fingerprint density at radius 2 is 1.58 bits per heavy atom. The first-order chi connectivity index (χ1) is 23.8. The summed E-state index contributed by atoms with van der Waals surface area (Å²) in [4.78, 5) is 45.3. The number of likely N-dealkylation sites (tertiary alicyclic amines) is 1. The summed E-state index contributed by atoms with van der Waals surface area (Å²) in [5, 5.41) is 9.68. The molecule has 1 atom stereocenters. The number of carbonyl (C=O) groups is 2. The van der Waals surface area contributed by atoms with Crippen molar-refractivity contribution < 1.29 is 19.1 Å². The van der Waals surface area contributed by atoms with Crippen molar-refractivity contribution in [3.63, 3.8) is 0 Å². The Kier molecular flexibility index (Phi) is 10.9. The number of benzene rings is 2. The van der Waals surface area contributed by atoms with E-state index in [9.17, 15) is 19.6 Å². The van der Waals surface area contributed by atoms with E-state index >= 15 is 0 Å². The van der Waals surface area contributed by atoms with Gasteiger partial charge in [0.2, 0.25) is 0 Å². The number of allylic oxidation sites excluding steroid dienone is 1. The average molecular weight is 680 g/mol. The number of hydrogen-bond donors (Lipinski definition) is 0. The van der Waals surface area contributed by atoms with Gasteiger partial charge in [-0.15, -0.1) is 0 Å². The first kappa shape index (κ1) is 36.4. The van der Waals surface area contributed by atoms with Crippen LogP contribution in [0.4, 0.5) is 0 Å². The zero-order valence-corrected chi connectivity index (χ0v) is 30.6. The molecule has 264 valence electrons. The number of pyridine rings is 1. The van der Waals surface area contributed by atoms with Crippen molar-refractivity contribution in [1.29, 1.82) is 5.26 Å². The van der Waals surface area contributed by atoms with Crippen molar-refractivity contribution in [2.45, 2.75) is 60.0 Å². The number of carbonyl (C=O) groups excluding carboxylic acids is 2. The second kappa shape index (κ2) is 14.9. The molecule has 2 saturated heterocycles. The lowest BCUT2D eigenvalue weighted by molar-refractivity contribution is -0.127. The van der Waals surface area contributed by atoms with E-state index in [2.05, 4.69) is 11.0 Å². The summed E-state index contributed by atoms with van der Waals surface area (Å²) in [6.45, 7) is 13.5. The number of nitriles is 1. The molecule has 10 nitrogen and oxygen atoms in total. The van der Waals surface area contributed by atoms with Crippen molar-refractivity contribution in [2.75, 3.05) is 46.9 Å². The number of aromatic nitrogens is 1. The number of nitrogens with zero attached hydrogens (tertiary/aromatic N) is 5. The topological polar surface area (TPSA) is 108 Å². The van der Waals surface area contributed by atoms with Crippen LogP contribution in [-0.2, 0) is 18.4 Å². The Balaban J connectivity index is 1.24. The van der Waals surface area contributed by atoms with E-state index in [1.807, 2.05) is 82.1 Å². The smallest absolute Gasteiger partial charge is 0.264 e. The van der Waals surface area contributed by atoms with Crippen LogP contribution in [-0.4, -0.2) is 78.0 Å². The molecule has 50 heavy (non-hydrogen) atoms.